The first-order valence-electron chi connectivity index (χ1n) is 10.2. The number of aromatic nitrogens is 1. The van der Waals surface area contributed by atoms with Crippen LogP contribution in [-0.2, 0) is 19.6 Å². The number of benzene rings is 1. The smallest absolute Gasteiger partial charge is 0.243 e. The van der Waals surface area contributed by atoms with E-state index in [2.05, 4.69) is 9.88 Å². The molecule has 1 aromatic carbocycles. The first-order chi connectivity index (χ1) is 14.9. The van der Waals surface area contributed by atoms with E-state index >= 15 is 0 Å². The highest BCUT2D eigenvalue weighted by atomic mass is 35.5. The van der Waals surface area contributed by atoms with Gasteiger partial charge in [-0.15, -0.1) is 0 Å². The number of piperazine rings is 1. The molecule has 0 radical (unpaired) electrons. The first kappa shape index (κ1) is 20.7. The summed E-state index contributed by atoms with van der Waals surface area (Å²) < 4.78 is 33.6. The Balaban J connectivity index is 1.30. The zero-order valence-corrected chi connectivity index (χ0v) is 18.4. The van der Waals surface area contributed by atoms with Crippen molar-refractivity contribution in [3.8, 4) is 0 Å². The van der Waals surface area contributed by atoms with Crippen molar-refractivity contribution >= 4 is 33.2 Å². The van der Waals surface area contributed by atoms with Gasteiger partial charge in [-0.3, -0.25) is 9.78 Å². The van der Waals surface area contributed by atoms with E-state index in [4.69, 9.17) is 16.3 Å². The molecule has 164 valence electrons. The average molecular weight is 463 g/mol. The number of piperidine rings is 1. The van der Waals surface area contributed by atoms with Crippen LogP contribution >= 0.6 is 11.6 Å². The summed E-state index contributed by atoms with van der Waals surface area (Å²) in [4.78, 5) is 20.9. The van der Waals surface area contributed by atoms with Crippen molar-refractivity contribution in [2.75, 3.05) is 37.6 Å². The van der Waals surface area contributed by atoms with Gasteiger partial charge < -0.3 is 14.5 Å². The molecule has 5 rings (SSSR count). The maximum absolute atomic E-state index is 13.0. The van der Waals surface area contributed by atoms with Gasteiger partial charge in [0.25, 0.3) is 0 Å². The Kier molecular flexibility index (Phi) is 5.16. The maximum atomic E-state index is 13.0. The van der Waals surface area contributed by atoms with E-state index in [9.17, 15) is 13.2 Å². The fourth-order valence-corrected chi connectivity index (χ4v) is 6.29. The third kappa shape index (κ3) is 3.69. The highest BCUT2D eigenvalue weighted by Gasteiger charge is 2.52. The summed E-state index contributed by atoms with van der Waals surface area (Å²) >= 11 is 6.29. The standard InChI is InChI=1S/C21H23ClN4O4S/c22-17-12-23-9-6-18(17)24-10-7-21(8-11-24)15-26-19(27)13-25(14-20(26)30-21)31(28,29)16-4-2-1-3-5-16/h1-6,9,12,20H,7-8,10-11,13-15H2. The molecule has 1 spiro atoms. The van der Waals surface area contributed by atoms with Crippen molar-refractivity contribution < 1.29 is 17.9 Å². The number of sulfonamides is 1. The zero-order valence-electron chi connectivity index (χ0n) is 16.9. The molecule has 3 aliphatic rings. The second kappa shape index (κ2) is 7.74. The van der Waals surface area contributed by atoms with E-state index in [1.807, 2.05) is 6.07 Å². The third-order valence-corrected chi connectivity index (χ3v) is 8.45. The van der Waals surface area contributed by atoms with Crippen LogP contribution in [0.1, 0.15) is 12.8 Å². The summed E-state index contributed by atoms with van der Waals surface area (Å²) in [5.74, 6) is -0.216. The number of hydrogen-bond acceptors (Lipinski definition) is 6. The molecule has 3 aliphatic heterocycles. The molecule has 4 heterocycles. The summed E-state index contributed by atoms with van der Waals surface area (Å²) in [7, 11) is -3.75. The van der Waals surface area contributed by atoms with Gasteiger partial charge in [0.15, 0.2) is 0 Å². The molecule has 31 heavy (non-hydrogen) atoms. The van der Waals surface area contributed by atoms with E-state index in [0.29, 0.717) is 11.6 Å². The van der Waals surface area contributed by atoms with Gasteiger partial charge >= 0.3 is 0 Å². The van der Waals surface area contributed by atoms with Gasteiger partial charge in [0.2, 0.25) is 15.9 Å². The van der Waals surface area contributed by atoms with Crippen molar-refractivity contribution in [1.29, 1.82) is 0 Å². The Morgan fingerprint density at radius 1 is 1.13 bits per heavy atom. The number of anilines is 1. The van der Waals surface area contributed by atoms with Gasteiger partial charge in [-0.05, 0) is 31.0 Å². The lowest BCUT2D eigenvalue weighted by Crippen LogP contribution is -2.55. The van der Waals surface area contributed by atoms with E-state index in [1.165, 1.54) is 4.31 Å². The van der Waals surface area contributed by atoms with Crippen molar-refractivity contribution in [2.45, 2.75) is 29.6 Å². The summed E-state index contributed by atoms with van der Waals surface area (Å²) in [6, 6.07) is 10.1. The second-order valence-electron chi connectivity index (χ2n) is 8.20. The number of carbonyl (C=O) groups excluding carboxylic acids is 1. The highest BCUT2D eigenvalue weighted by molar-refractivity contribution is 7.89. The van der Waals surface area contributed by atoms with Crippen LogP contribution in [-0.4, -0.2) is 73.1 Å². The number of nitrogens with zero attached hydrogens (tertiary/aromatic N) is 4. The fraction of sp³-hybridized carbons (Fsp3) is 0.429. The summed E-state index contributed by atoms with van der Waals surface area (Å²) in [6.07, 6.45) is 4.26. The molecule has 10 heteroatoms. The second-order valence-corrected chi connectivity index (χ2v) is 10.5. The van der Waals surface area contributed by atoms with Gasteiger partial charge in [0, 0.05) is 25.5 Å². The average Bonchev–Trinajstić information content (AvgIpc) is 3.14. The molecule has 8 nitrogen and oxygen atoms in total. The van der Waals surface area contributed by atoms with Gasteiger partial charge in [-0.2, -0.15) is 4.31 Å². The SMILES string of the molecule is O=C1CN(S(=O)(=O)c2ccccc2)CC2OC3(CCN(c4ccncc4Cl)CC3)CN12. The van der Waals surface area contributed by atoms with Crippen LogP contribution in [0.25, 0.3) is 0 Å². The van der Waals surface area contributed by atoms with Crippen LogP contribution in [0, 0.1) is 0 Å². The number of halogens is 1. The van der Waals surface area contributed by atoms with Crippen LogP contribution < -0.4 is 4.90 Å². The molecule has 0 aliphatic carbocycles. The fourth-order valence-electron chi connectivity index (χ4n) is 4.65. The molecule has 1 unspecified atom stereocenters. The Morgan fingerprint density at radius 3 is 2.58 bits per heavy atom. The number of amides is 1. The molecular formula is C21H23ClN4O4S. The quantitative estimate of drug-likeness (QED) is 0.693. The van der Waals surface area contributed by atoms with Crippen molar-refractivity contribution in [2.24, 2.45) is 0 Å². The van der Waals surface area contributed by atoms with E-state index in [1.54, 1.807) is 47.6 Å². The summed E-state index contributed by atoms with van der Waals surface area (Å²) in [5, 5.41) is 0.611. The van der Waals surface area contributed by atoms with Crippen LogP contribution in [0.3, 0.4) is 0 Å². The molecule has 3 fully saturated rings. The van der Waals surface area contributed by atoms with Gasteiger partial charge in [-0.25, -0.2) is 8.42 Å². The topological polar surface area (TPSA) is 83.0 Å². The Hall–Kier alpha value is -2.20. The minimum absolute atomic E-state index is 0.143. The molecule has 1 aromatic heterocycles. The van der Waals surface area contributed by atoms with Crippen molar-refractivity contribution in [1.82, 2.24) is 14.2 Å². The van der Waals surface area contributed by atoms with Gasteiger partial charge in [0.05, 0.1) is 40.8 Å². The predicted octanol–water partition coefficient (Wildman–Crippen LogP) is 1.96. The van der Waals surface area contributed by atoms with Crippen LogP contribution in [0.4, 0.5) is 5.69 Å². The van der Waals surface area contributed by atoms with Crippen LogP contribution in [0.15, 0.2) is 53.7 Å². The number of rotatable bonds is 3. The number of carbonyl (C=O) groups is 1. The lowest BCUT2D eigenvalue weighted by molar-refractivity contribution is -0.144. The zero-order chi connectivity index (χ0) is 21.6. The molecule has 3 saturated heterocycles. The molecular weight excluding hydrogens is 440 g/mol. The van der Waals surface area contributed by atoms with E-state index in [-0.39, 0.29) is 23.9 Å². The van der Waals surface area contributed by atoms with Gasteiger partial charge in [-0.1, -0.05) is 29.8 Å². The number of fused-ring (bicyclic) bond motifs is 1. The largest absolute Gasteiger partial charge is 0.370 e. The molecule has 1 amide bonds. The molecule has 2 aromatic rings. The Bertz CT molecular complexity index is 1090. The Labute approximate surface area is 186 Å². The normalized spacial score (nSPS) is 23.9. The molecule has 0 N–H and O–H groups in total. The van der Waals surface area contributed by atoms with Crippen LogP contribution in [0.2, 0.25) is 5.02 Å². The highest BCUT2D eigenvalue weighted by Crippen LogP contribution is 2.39. The first-order valence-corrected chi connectivity index (χ1v) is 12.1. The summed E-state index contributed by atoms with van der Waals surface area (Å²) in [5.41, 5.74) is 0.487. The minimum Gasteiger partial charge on any atom is -0.370 e. The Morgan fingerprint density at radius 2 is 1.87 bits per heavy atom. The van der Waals surface area contributed by atoms with Crippen LogP contribution in [0.5, 0.6) is 0 Å². The molecule has 0 bridgehead atoms. The van der Waals surface area contributed by atoms with Crippen molar-refractivity contribution in [3.63, 3.8) is 0 Å². The third-order valence-electron chi connectivity index (χ3n) is 6.33. The van der Waals surface area contributed by atoms with Crippen molar-refractivity contribution in [3.05, 3.63) is 53.8 Å². The lowest BCUT2D eigenvalue weighted by atomic mass is 9.91. The van der Waals surface area contributed by atoms with E-state index < -0.39 is 21.9 Å². The number of hydrogen-bond donors (Lipinski definition) is 0. The summed E-state index contributed by atoms with van der Waals surface area (Å²) in [6.45, 7) is 1.96. The lowest BCUT2D eigenvalue weighted by Gasteiger charge is -2.39. The van der Waals surface area contributed by atoms with Gasteiger partial charge in [0.1, 0.15) is 6.23 Å². The molecule has 1 atom stereocenters. The number of pyridine rings is 1. The predicted molar refractivity (Wildman–Crippen MR) is 115 cm³/mol. The minimum atomic E-state index is -3.75. The van der Waals surface area contributed by atoms with E-state index in [0.717, 1.165) is 31.6 Å². The monoisotopic (exact) mass is 462 g/mol. The number of ether oxygens (including phenoxy) is 1. The maximum Gasteiger partial charge on any atom is 0.243 e. The molecule has 0 saturated carbocycles.